The zero-order chi connectivity index (χ0) is 18.0. The Kier molecular flexibility index (Phi) is 4.94. The van der Waals surface area contributed by atoms with E-state index >= 15 is 0 Å². The smallest absolute Gasteiger partial charge is 0.340 e. The van der Waals surface area contributed by atoms with Crippen molar-refractivity contribution < 1.29 is 23.8 Å². The largest absolute Gasteiger partial charge is 0.486 e. The van der Waals surface area contributed by atoms with Gasteiger partial charge in [-0.1, -0.05) is 0 Å². The number of hydrogen-bond acceptors (Lipinski definition) is 6. The summed E-state index contributed by atoms with van der Waals surface area (Å²) in [5.41, 5.74) is 1.06. The van der Waals surface area contributed by atoms with E-state index in [1.165, 1.54) is 11.3 Å². The predicted octanol–water partition coefficient (Wildman–Crippen LogP) is 3.32. The second-order valence-corrected chi connectivity index (χ2v) is 7.18. The Bertz CT molecular complexity index is 814. The monoisotopic (exact) mass is 361 g/mol. The molecule has 0 bridgehead atoms. The van der Waals surface area contributed by atoms with E-state index < -0.39 is 18.0 Å². The van der Waals surface area contributed by atoms with Crippen LogP contribution in [0.5, 0.6) is 11.5 Å². The number of aryl methyl sites for hydroxylation is 2. The number of amides is 1. The van der Waals surface area contributed by atoms with Crippen LogP contribution in [-0.4, -0.2) is 31.2 Å². The molecule has 0 fully saturated rings. The zero-order valence-corrected chi connectivity index (χ0v) is 15.1. The predicted molar refractivity (Wildman–Crippen MR) is 94.7 cm³/mol. The van der Waals surface area contributed by atoms with Crippen molar-refractivity contribution in [1.82, 2.24) is 0 Å². The van der Waals surface area contributed by atoms with Gasteiger partial charge in [-0.05, 0) is 39.0 Å². The second kappa shape index (κ2) is 7.14. The van der Waals surface area contributed by atoms with Crippen molar-refractivity contribution in [3.8, 4) is 11.5 Å². The average Bonchev–Trinajstić information content (AvgIpc) is 2.93. The number of hydrogen-bond donors (Lipinski definition) is 1. The Morgan fingerprint density at radius 2 is 1.88 bits per heavy atom. The molecular weight excluding hydrogens is 342 g/mol. The summed E-state index contributed by atoms with van der Waals surface area (Å²) in [6.45, 7) is 6.30. The molecule has 0 saturated heterocycles. The average molecular weight is 361 g/mol. The lowest BCUT2D eigenvalue weighted by molar-refractivity contribution is -0.123. The molecule has 6 nitrogen and oxygen atoms in total. The van der Waals surface area contributed by atoms with Crippen molar-refractivity contribution in [3.63, 3.8) is 0 Å². The Morgan fingerprint density at radius 1 is 1.16 bits per heavy atom. The van der Waals surface area contributed by atoms with Crippen LogP contribution in [0.3, 0.4) is 0 Å². The standard InChI is InChI=1S/C18H19NO5S/c1-10-8-14(12(3)25-10)18(21)24-11(2)17(20)19-13-4-5-15-16(9-13)23-7-6-22-15/h4-5,8-9,11H,6-7H2,1-3H3,(H,19,20)/t11-/m1/s1. The SMILES string of the molecule is Cc1cc(C(=O)O[C@H](C)C(=O)Nc2ccc3c(c2)OCCO3)c(C)s1. The molecule has 1 N–H and O–H groups in total. The fourth-order valence-corrected chi connectivity index (χ4v) is 3.39. The zero-order valence-electron chi connectivity index (χ0n) is 14.3. The van der Waals surface area contributed by atoms with E-state index in [1.54, 1.807) is 31.2 Å². The van der Waals surface area contributed by atoms with Gasteiger partial charge < -0.3 is 19.5 Å². The molecule has 2 heterocycles. The number of nitrogens with one attached hydrogen (secondary N) is 1. The first-order valence-electron chi connectivity index (χ1n) is 7.92. The highest BCUT2D eigenvalue weighted by Gasteiger charge is 2.22. The minimum Gasteiger partial charge on any atom is -0.486 e. The minimum absolute atomic E-state index is 0.408. The maximum atomic E-state index is 12.3. The summed E-state index contributed by atoms with van der Waals surface area (Å²) in [6, 6.07) is 6.91. The highest BCUT2D eigenvalue weighted by molar-refractivity contribution is 7.12. The number of anilines is 1. The van der Waals surface area contributed by atoms with Crippen LogP contribution in [0.25, 0.3) is 0 Å². The van der Waals surface area contributed by atoms with Crippen molar-refractivity contribution in [2.24, 2.45) is 0 Å². The summed E-state index contributed by atoms with van der Waals surface area (Å²) in [5, 5.41) is 2.72. The normalized spacial score (nSPS) is 13.9. The second-order valence-electron chi connectivity index (χ2n) is 5.72. The van der Waals surface area contributed by atoms with Crippen LogP contribution >= 0.6 is 11.3 Å². The Balaban J connectivity index is 1.62. The van der Waals surface area contributed by atoms with E-state index in [1.807, 2.05) is 13.8 Å². The van der Waals surface area contributed by atoms with Crippen molar-refractivity contribution in [1.29, 1.82) is 0 Å². The van der Waals surface area contributed by atoms with E-state index in [2.05, 4.69) is 5.32 Å². The molecule has 132 valence electrons. The third-order valence-electron chi connectivity index (χ3n) is 3.72. The maximum Gasteiger partial charge on any atom is 0.340 e. The van der Waals surface area contributed by atoms with Crippen molar-refractivity contribution in [2.45, 2.75) is 26.9 Å². The molecule has 1 amide bonds. The van der Waals surface area contributed by atoms with Gasteiger partial charge in [0.25, 0.3) is 5.91 Å². The summed E-state index contributed by atoms with van der Waals surface area (Å²) >= 11 is 1.52. The molecule has 1 aromatic carbocycles. The Morgan fingerprint density at radius 3 is 2.56 bits per heavy atom. The molecule has 0 aliphatic carbocycles. The molecule has 25 heavy (non-hydrogen) atoms. The van der Waals surface area contributed by atoms with Crippen molar-refractivity contribution in [2.75, 3.05) is 18.5 Å². The van der Waals surface area contributed by atoms with E-state index in [-0.39, 0.29) is 0 Å². The van der Waals surface area contributed by atoms with E-state index in [4.69, 9.17) is 14.2 Å². The Labute approximate surface area is 149 Å². The summed E-state index contributed by atoms with van der Waals surface area (Å²) in [4.78, 5) is 26.4. The van der Waals surface area contributed by atoms with Gasteiger partial charge in [-0.3, -0.25) is 4.79 Å². The van der Waals surface area contributed by atoms with Gasteiger partial charge in [0.2, 0.25) is 0 Å². The lowest BCUT2D eigenvalue weighted by atomic mass is 10.2. The van der Waals surface area contributed by atoms with Crippen LogP contribution in [0.4, 0.5) is 5.69 Å². The van der Waals surface area contributed by atoms with Crippen LogP contribution in [0.15, 0.2) is 24.3 Å². The molecule has 0 unspecified atom stereocenters. The first kappa shape index (κ1) is 17.3. The van der Waals surface area contributed by atoms with Crippen LogP contribution in [0, 0.1) is 13.8 Å². The molecular formula is C18H19NO5S. The van der Waals surface area contributed by atoms with Gasteiger partial charge in [-0.15, -0.1) is 11.3 Å². The summed E-state index contributed by atoms with van der Waals surface area (Å²) in [7, 11) is 0. The number of thiophene rings is 1. The fraction of sp³-hybridized carbons (Fsp3) is 0.333. The maximum absolute atomic E-state index is 12.3. The Hall–Kier alpha value is -2.54. The molecule has 1 aromatic heterocycles. The van der Waals surface area contributed by atoms with Gasteiger partial charge in [-0.2, -0.15) is 0 Å². The molecule has 3 rings (SSSR count). The number of carbonyl (C=O) groups is 2. The molecule has 0 radical (unpaired) electrons. The van der Waals surface area contributed by atoms with E-state index in [0.29, 0.717) is 36.0 Å². The minimum atomic E-state index is -0.916. The van der Waals surface area contributed by atoms with E-state index in [9.17, 15) is 9.59 Å². The van der Waals surface area contributed by atoms with Crippen LogP contribution < -0.4 is 14.8 Å². The van der Waals surface area contributed by atoms with Crippen molar-refractivity contribution >= 4 is 28.9 Å². The molecule has 1 aliphatic heterocycles. The first-order chi connectivity index (χ1) is 11.9. The lowest BCUT2D eigenvalue weighted by Gasteiger charge is -2.19. The number of esters is 1. The van der Waals surface area contributed by atoms with Gasteiger partial charge in [-0.25, -0.2) is 4.79 Å². The third-order valence-corrected chi connectivity index (χ3v) is 4.69. The highest BCUT2D eigenvalue weighted by atomic mass is 32.1. The summed E-state index contributed by atoms with van der Waals surface area (Å²) < 4.78 is 16.2. The summed E-state index contributed by atoms with van der Waals surface area (Å²) in [5.74, 6) is 0.325. The topological polar surface area (TPSA) is 73.9 Å². The number of ether oxygens (including phenoxy) is 3. The fourth-order valence-electron chi connectivity index (χ4n) is 2.48. The van der Waals surface area contributed by atoms with Crippen LogP contribution in [-0.2, 0) is 9.53 Å². The number of fused-ring (bicyclic) bond motifs is 1. The van der Waals surface area contributed by atoms with Gasteiger partial charge in [0.05, 0.1) is 5.56 Å². The summed E-state index contributed by atoms with van der Waals surface area (Å²) in [6.07, 6.45) is -0.916. The quantitative estimate of drug-likeness (QED) is 0.846. The van der Waals surface area contributed by atoms with E-state index in [0.717, 1.165) is 9.75 Å². The van der Waals surface area contributed by atoms with Crippen LogP contribution in [0.2, 0.25) is 0 Å². The van der Waals surface area contributed by atoms with Crippen LogP contribution in [0.1, 0.15) is 27.0 Å². The molecule has 0 spiro atoms. The molecule has 1 atom stereocenters. The molecule has 7 heteroatoms. The van der Waals surface area contributed by atoms with Gasteiger partial charge in [0, 0.05) is 21.5 Å². The number of carbonyl (C=O) groups excluding carboxylic acids is 2. The number of rotatable bonds is 4. The third kappa shape index (κ3) is 3.93. The molecule has 2 aromatic rings. The highest BCUT2D eigenvalue weighted by Crippen LogP contribution is 2.32. The first-order valence-corrected chi connectivity index (χ1v) is 8.74. The van der Waals surface area contributed by atoms with Gasteiger partial charge >= 0.3 is 5.97 Å². The number of benzene rings is 1. The van der Waals surface area contributed by atoms with Gasteiger partial charge in [0.15, 0.2) is 17.6 Å². The molecule has 0 saturated carbocycles. The molecule has 1 aliphatic rings. The lowest BCUT2D eigenvalue weighted by Crippen LogP contribution is -2.30. The van der Waals surface area contributed by atoms with Crippen molar-refractivity contribution in [3.05, 3.63) is 39.6 Å². The van der Waals surface area contributed by atoms with Gasteiger partial charge in [0.1, 0.15) is 13.2 Å².